The minimum atomic E-state index is -1.10. The number of carboxylic acid groups (broad SMARTS) is 1. The summed E-state index contributed by atoms with van der Waals surface area (Å²) in [6.07, 6.45) is -0.0982. The standard InChI is InChI=1S/C20H19NO3/c1-13-10-16-17(21-9-8-20(22)23)12-18(15-6-4-3-5-7-15)24-19(16)11-14(13)2/h3-7,10-12H,8-9H2,1-2H3,(H,22,23)/p-1. The van der Waals surface area contributed by atoms with Crippen molar-refractivity contribution in [1.29, 1.82) is 0 Å². The van der Waals surface area contributed by atoms with E-state index in [-0.39, 0.29) is 13.0 Å². The summed E-state index contributed by atoms with van der Waals surface area (Å²) in [6, 6.07) is 15.7. The molecule has 24 heavy (non-hydrogen) atoms. The van der Waals surface area contributed by atoms with E-state index in [2.05, 4.69) is 4.99 Å². The lowest BCUT2D eigenvalue weighted by atomic mass is 10.1. The van der Waals surface area contributed by atoms with Gasteiger partial charge in [0.25, 0.3) is 0 Å². The molecule has 0 aliphatic carbocycles. The number of carbonyl (C=O) groups is 1. The van der Waals surface area contributed by atoms with Gasteiger partial charge in [0.05, 0.1) is 5.36 Å². The summed E-state index contributed by atoms with van der Waals surface area (Å²) in [4.78, 5) is 15.1. The average molecular weight is 320 g/mol. The first-order valence-corrected chi connectivity index (χ1v) is 7.85. The number of nitrogens with zero attached hydrogens (tertiary/aromatic N) is 1. The lowest BCUT2D eigenvalue weighted by Gasteiger charge is -2.08. The van der Waals surface area contributed by atoms with Crippen LogP contribution in [0.1, 0.15) is 17.5 Å². The van der Waals surface area contributed by atoms with Crippen LogP contribution in [0.5, 0.6) is 0 Å². The zero-order chi connectivity index (χ0) is 17.1. The lowest BCUT2D eigenvalue weighted by Crippen LogP contribution is -2.23. The number of carbonyl (C=O) groups excluding carboxylic acids is 1. The fourth-order valence-corrected chi connectivity index (χ4v) is 2.57. The molecular weight excluding hydrogens is 302 g/mol. The maximum absolute atomic E-state index is 10.7. The van der Waals surface area contributed by atoms with Crippen LogP contribution in [0.25, 0.3) is 22.3 Å². The molecule has 0 bridgehead atoms. The Balaban J connectivity index is 2.22. The highest BCUT2D eigenvalue weighted by molar-refractivity contribution is 5.80. The molecule has 0 atom stereocenters. The second-order valence-corrected chi connectivity index (χ2v) is 5.80. The molecule has 0 aliphatic heterocycles. The molecule has 0 amide bonds. The number of fused-ring (bicyclic) bond motifs is 1. The van der Waals surface area contributed by atoms with Crippen LogP contribution in [0, 0.1) is 13.8 Å². The summed E-state index contributed by atoms with van der Waals surface area (Å²) in [7, 11) is 0. The van der Waals surface area contributed by atoms with Gasteiger partial charge < -0.3 is 14.3 Å². The molecule has 1 heterocycles. The molecule has 1 aromatic heterocycles. The Kier molecular flexibility index (Phi) is 4.47. The molecule has 0 aliphatic rings. The van der Waals surface area contributed by atoms with Crippen LogP contribution in [0.3, 0.4) is 0 Å². The average Bonchev–Trinajstić information content (AvgIpc) is 2.56. The van der Waals surface area contributed by atoms with Crippen LogP contribution in [-0.2, 0) is 4.79 Å². The maximum Gasteiger partial charge on any atom is 0.137 e. The first-order chi connectivity index (χ1) is 11.5. The summed E-state index contributed by atoms with van der Waals surface area (Å²) < 4.78 is 6.06. The second kappa shape index (κ2) is 6.71. The van der Waals surface area contributed by atoms with Gasteiger partial charge in [-0.25, -0.2) is 0 Å². The van der Waals surface area contributed by atoms with Crippen molar-refractivity contribution in [3.63, 3.8) is 0 Å². The molecule has 3 aromatic rings. The zero-order valence-corrected chi connectivity index (χ0v) is 13.7. The highest BCUT2D eigenvalue weighted by atomic mass is 16.4. The van der Waals surface area contributed by atoms with Gasteiger partial charge in [-0.3, -0.25) is 4.99 Å². The van der Waals surface area contributed by atoms with E-state index in [1.165, 1.54) is 0 Å². The number of aliphatic carboxylic acids is 1. The molecule has 0 saturated heterocycles. The smallest absolute Gasteiger partial charge is 0.137 e. The van der Waals surface area contributed by atoms with E-state index in [1.807, 2.05) is 62.4 Å². The van der Waals surface area contributed by atoms with Crippen molar-refractivity contribution >= 4 is 16.9 Å². The van der Waals surface area contributed by atoms with Crippen LogP contribution in [0.15, 0.2) is 57.9 Å². The Morgan fingerprint density at radius 1 is 1.08 bits per heavy atom. The Hall–Kier alpha value is -2.88. The number of carboxylic acids is 1. The first kappa shape index (κ1) is 16.0. The molecule has 122 valence electrons. The minimum Gasteiger partial charge on any atom is -0.550 e. The van der Waals surface area contributed by atoms with E-state index in [1.54, 1.807) is 0 Å². The van der Waals surface area contributed by atoms with Gasteiger partial charge in [0.2, 0.25) is 0 Å². The molecule has 0 saturated carbocycles. The Bertz CT molecular complexity index is 956. The van der Waals surface area contributed by atoms with Gasteiger partial charge in [0.15, 0.2) is 0 Å². The van der Waals surface area contributed by atoms with E-state index < -0.39 is 5.97 Å². The van der Waals surface area contributed by atoms with Crippen molar-refractivity contribution in [2.24, 2.45) is 4.99 Å². The van der Waals surface area contributed by atoms with Gasteiger partial charge in [-0.1, -0.05) is 30.3 Å². The quantitative estimate of drug-likeness (QED) is 0.742. The van der Waals surface area contributed by atoms with Gasteiger partial charge in [-0.05, 0) is 37.1 Å². The third kappa shape index (κ3) is 3.38. The number of hydrogen-bond acceptors (Lipinski definition) is 4. The molecule has 4 nitrogen and oxygen atoms in total. The van der Waals surface area contributed by atoms with Crippen molar-refractivity contribution in [1.82, 2.24) is 0 Å². The number of benzene rings is 2. The summed E-state index contributed by atoms with van der Waals surface area (Å²) in [5.74, 6) is -0.391. The van der Waals surface area contributed by atoms with Crippen molar-refractivity contribution in [3.8, 4) is 11.3 Å². The summed E-state index contributed by atoms with van der Waals surface area (Å²) >= 11 is 0. The number of rotatable bonds is 4. The lowest BCUT2D eigenvalue weighted by molar-refractivity contribution is -0.305. The predicted molar refractivity (Wildman–Crippen MR) is 91.2 cm³/mol. The highest BCUT2D eigenvalue weighted by Crippen LogP contribution is 2.24. The zero-order valence-electron chi connectivity index (χ0n) is 13.7. The third-order valence-corrected chi connectivity index (χ3v) is 4.02. The Labute approximate surface area is 140 Å². The van der Waals surface area contributed by atoms with Crippen LogP contribution < -0.4 is 10.5 Å². The van der Waals surface area contributed by atoms with Gasteiger partial charge in [-0.15, -0.1) is 0 Å². The van der Waals surface area contributed by atoms with E-state index in [0.717, 1.165) is 33.0 Å². The molecule has 0 unspecified atom stereocenters. The fourth-order valence-electron chi connectivity index (χ4n) is 2.57. The third-order valence-electron chi connectivity index (χ3n) is 4.02. The number of aryl methyl sites for hydroxylation is 2. The van der Waals surface area contributed by atoms with Crippen molar-refractivity contribution in [2.75, 3.05) is 6.54 Å². The molecule has 0 N–H and O–H groups in total. The summed E-state index contributed by atoms with van der Waals surface area (Å²) in [5.41, 5.74) is 3.97. The Morgan fingerprint density at radius 3 is 2.50 bits per heavy atom. The van der Waals surface area contributed by atoms with Gasteiger partial charge in [-0.2, -0.15) is 0 Å². The molecule has 4 heteroatoms. The largest absolute Gasteiger partial charge is 0.550 e. The topological polar surface area (TPSA) is 65.6 Å². The molecule has 0 radical (unpaired) electrons. The fraction of sp³-hybridized carbons (Fsp3) is 0.200. The molecule has 2 aromatic carbocycles. The van der Waals surface area contributed by atoms with Gasteiger partial charge in [0, 0.05) is 36.0 Å². The van der Waals surface area contributed by atoms with Gasteiger partial charge >= 0.3 is 0 Å². The Morgan fingerprint density at radius 2 is 1.79 bits per heavy atom. The SMILES string of the molecule is Cc1cc2oc(-c3ccccc3)cc(=NCCC(=O)[O-])c2cc1C. The van der Waals surface area contributed by atoms with Crippen LogP contribution in [-0.4, -0.2) is 12.5 Å². The van der Waals surface area contributed by atoms with Crippen LogP contribution in [0.2, 0.25) is 0 Å². The van der Waals surface area contributed by atoms with E-state index in [9.17, 15) is 9.90 Å². The maximum atomic E-state index is 10.7. The van der Waals surface area contributed by atoms with Crippen molar-refractivity contribution in [3.05, 3.63) is 65.0 Å². The summed E-state index contributed by atoms with van der Waals surface area (Å²) in [5, 5.41) is 12.3. The van der Waals surface area contributed by atoms with Crippen molar-refractivity contribution < 1.29 is 14.3 Å². The van der Waals surface area contributed by atoms with Gasteiger partial charge in [0.1, 0.15) is 11.3 Å². The first-order valence-electron chi connectivity index (χ1n) is 7.85. The minimum absolute atomic E-state index is 0.0982. The number of hydrogen-bond donors (Lipinski definition) is 0. The molecule has 0 spiro atoms. The second-order valence-electron chi connectivity index (χ2n) is 5.80. The predicted octanol–water partition coefficient (Wildman–Crippen LogP) is 2.76. The summed E-state index contributed by atoms with van der Waals surface area (Å²) in [6.45, 7) is 4.25. The van der Waals surface area contributed by atoms with E-state index in [0.29, 0.717) is 5.76 Å². The van der Waals surface area contributed by atoms with Crippen LogP contribution in [0.4, 0.5) is 0 Å². The molecule has 0 fully saturated rings. The van der Waals surface area contributed by atoms with E-state index >= 15 is 0 Å². The molecule has 3 rings (SSSR count). The van der Waals surface area contributed by atoms with Crippen LogP contribution >= 0.6 is 0 Å². The monoisotopic (exact) mass is 320 g/mol. The van der Waals surface area contributed by atoms with Crippen molar-refractivity contribution in [2.45, 2.75) is 20.3 Å². The molecular formula is C20H18NO3-. The normalized spacial score (nSPS) is 11.8. The highest BCUT2D eigenvalue weighted by Gasteiger charge is 2.07. The van der Waals surface area contributed by atoms with E-state index in [4.69, 9.17) is 4.42 Å².